The van der Waals surface area contributed by atoms with Gasteiger partial charge in [0.2, 0.25) is 5.82 Å². The van der Waals surface area contributed by atoms with Crippen molar-refractivity contribution in [3.63, 3.8) is 0 Å². The summed E-state index contributed by atoms with van der Waals surface area (Å²) in [5.41, 5.74) is 5.18. The minimum absolute atomic E-state index is 0.0739. The molecule has 3 N–H and O–H groups in total. The molecular weight excluding hydrogens is 574 g/mol. The minimum atomic E-state index is -0.618. The van der Waals surface area contributed by atoms with Gasteiger partial charge in [0.25, 0.3) is 0 Å². The highest BCUT2D eigenvalue weighted by Gasteiger charge is 2.24. The number of tetrazole rings is 1. The number of aromatic amines is 1. The molecule has 2 heterocycles. The van der Waals surface area contributed by atoms with Crippen LogP contribution in [0.25, 0.3) is 22.5 Å². The number of aryl methyl sites for hydroxylation is 1. The lowest BCUT2D eigenvalue weighted by molar-refractivity contribution is -0.497. The Morgan fingerprint density at radius 2 is 1.67 bits per heavy atom. The van der Waals surface area contributed by atoms with Gasteiger partial charge in [0.1, 0.15) is 12.4 Å². The SMILES string of the molecule is CCCCc1nc(Cl)c(C(=O)OCc2ccccc2CON(O)O)n1Cc1ccc(-c2ccccc2-c2nn[nH]n2)cc1. The number of hydrogen-bond acceptors (Lipinski definition) is 10. The summed E-state index contributed by atoms with van der Waals surface area (Å²) >= 11 is 6.53. The van der Waals surface area contributed by atoms with Crippen LogP contribution in [-0.4, -0.2) is 51.9 Å². The Labute approximate surface area is 252 Å². The number of ether oxygens (including phenoxy) is 1. The van der Waals surface area contributed by atoms with Gasteiger partial charge >= 0.3 is 5.97 Å². The monoisotopic (exact) mass is 603 g/mol. The maximum Gasteiger partial charge on any atom is 0.358 e. The first-order valence-electron chi connectivity index (χ1n) is 13.7. The van der Waals surface area contributed by atoms with Crippen LogP contribution in [-0.2, 0) is 35.8 Å². The van der Waals surface area contributed by atoms with E-state index in [1.165, 1.54) is 0 Å². The average molecular weight is 604 g/mol. The van der Waals surface area contributed by atoms with E-state index in [2.05, 4.69) is 32.5 Å². The predicted octanol–water partition coefficient (Wildman–Crippen LogP) is 5.64. The molecule has 3 aromatic carbocycles. The van der Waals surface area contributed by atoms with Crippen molar-refractivity contribution >= 4 is 17.6 Å². The van der Waals surface area contributed by atoms with Crippen molar-refractivity contribution in [2.24, 2.45) is 0 Å². The second-order valence-electron chi connectivity index (χ2n) is 9.71. The number of esters is 1. The molecule has 0 saturated carbocycles. The molecule has 0 aliphatic heterocycles. The van der Waals surface area contributed by atoms with E-state index < -0.39 is 5.97 Å². The molecule has 5 rings (SSSR count). The summed E-state index contributed by atoms with van der Waals surface area (Å²) in [6.45, 7) is 2.25. The summed E-state index contributed by atoms with van der Waals surface area (Å²) in [5.74, 6) is 0.591. The molecule has 0 fully saturated rings. The number of carbonyl (C=O) groups is 1. The summed E-state index contributed by atoms with van der Waals surface area (Å²) in [7, 11) is 0. The zero-order chi connectivity index (χ0) is 30.2. The van der Waals surface area contributed by atoms with Crippen molar-refractivity contribution < 1.29 is 24.8 Å². The van der Waals surface area contributed by atoms with Crippen LogP contribution in [0.15, 0.2) is 72.8 Å². The van der Waals surface area contributed by atoms with Crippen molar-refractivity contribution in [3.8, 4) is 22.5 Å². The molecule has 0 radical (unpaired) electrons. The van der Waals surface area contributed by atoms with E-state index in [1.54, 1.807) is 24.3 Å². The molecule has 5 aromatic rings. The fourth-order valence-corrected chi connectivity index (χ4v) is 4.99. The summed E-state index contributed by atoms with van der Waals surface area (Å²) in [6, 6.07) is 22.9. The molecule has 13 heteroatoms. The molecule has 2 aromatic heterocycles. The third kappa shape index (κ3) is 7.31. The molecule has 0 bridgehead atoms. The smallest absolute Gasteiger partial charge is 0.358 e. The molecule has 0 aliphatic carbocycles. The number of nitrogens with one attached hydrogen (secondary N) is 1. The van der Waals surface area contributed by atoms with Gasteiger partial charge in [0.05, 0.1) is 12.0 Å². The summed E-state index contributed by atoms with van der Waals surface area (Å²) in [4.78, 5) is 22.6. The zero-order valence-electron chi connectivity index (χ0n) is 23.4. The molecule has 12 nitrogen and oxygen atoms in total. The van der Waals surface area contributed by atoms with E-state index >= 15 is 0 Å². The first-order chi connectivity index (χ1) is 20.9. The second kappa shape index (κ2) is 14.1. The Hall–Kier alpha value is -4.46. The van der Waals surface area contributed by atoms with Gasteiger partial charge in [-0.15, -0.1) is 10.2 Å². The Morgan fingerprint density at radius 3 is 2.35 bits per heavy atom. The molecule has 222 valence electrons. The van der Waals surface area contributed by atoms with Gasteiger partial charge in [0, 0.05) is 18.5 Å². The van der Waals surface area contributed by atoms with E-state index in [4.69, 9.17) is 31.6 Å². The van der Waals surface area contributed by atoms with Crippen LogP contribution < -0.4 is 0 Å². The standard InChI is InChI=1S/C30H30ClN7O5/c1-2-3-12-26-32-28(31)27(30(39)42-18-22-8-4-5-9-23(22)19-43-38(40)41)37(26)17-20-13-15-21(16-14-20)24-10-6-7-11-25(24)29-33-35-36-34-29/h4-11,13-16,40-41H,2-3,12,17-19H2,1H3,(H,33,34,35,36). The van der Waals surface area contributed by atoms with E-state index in [1.807, 2.05) is 53.1 Å². The predicted molar refractivity (Wildman–Crippen MR) is 156 cm³/mol. The van der Waals surface area contributed by atoms with E-state index in [0.29, 0.717) is 35.7 Å². The normalized spacial score (nSPS) is 11.3. The Balaban J connectivity index is 1.38. The minimum Gasteiger partial charge on any atom is -0.456 e. The molecule has 0 saturated heterocycles. The second-order valence-corrected chi connectivity index (χ2v) is 10.1. The quantitative estimate of drug-likeness (QED) is 0.114. The molecule has 43 heavy (non-hydrogen) atoms. The third-order valence-electron chi connectivity index (χ3n) is 6.88. The number of carbonyl (C=O) groups excluding carboxylic acids is 1. The lowest BCUT2D eigenvalue weighted by atomic mass is 9.98. The highest BCUT2D eigenvalue weighted by molar-refractivity contribution is 6.32. The number of hydrogen-bond donors (Lipinski definition) is 3. The van der Waals surface area contributed by atoms with Crippen LogP contribution >= 0.6 is 11.6 Å². The molecular formula is C30H30ClN7O5. The fourth-order valence-electron chi connectivity index (χ4n) is 4.71. The lowest BCUT2D eigenvalue weighted by Crippen LogP contribution is -2.17. The van der Waals surface area contributed by atoms with Gasteiger partial charge in [-0.25, -0.2) is 14.6 Å². The van der Waals surface area contributed by atoms with Crippen molar-refractivity contribution in [2.75, 3.05) is 0 Å². The molecule has 0 unspecified atom stereocenters. The third-order valence-corrected chi connectivity index (χ3v) is 7.15. The zero-order valence-corrected chi connectivity index (χ0v) is 24.1. The van der Waals surface area contributed by atoms with Gasteiger partial charge in [0.15, 0.2) is 10.8 Å². The van der Waals surface area contributed by atoms with Gasteiger partial charge in [-0.3, -0.25) is 10.4 Å². The van der Waals surface area contributed by atoms with Crippen LogP contribution in [0.2, 0.25) is 5.15 Å². The number of H-pyrrole nitrogens is 1. The van der Waals surface area contributed by atoms with Gasteiger partial charge in [-0.05, 0) is 39.5 Å². The molecule has 0 atom stereocenters. The number of imidazole rings is 1. The van der Waals surface area contributed by atoms with Crippen molar-refractivity contribution in [1.29, 1.82) is 0 Å². The van der Waals surface area contributed by atoms with Crippen molar-refractivity contribution in [1.82, 2.24) is 35.6 Å². The van der Waals surface area contributed by atoms with Crippen LogP contribution in [0.5, 0.6) is 0 Å². The number of halogens is 1. The number of rotatable bonds is 13. The maximum atomic E-state index is 13.4. The molecule has 0 amide bonds. The van der Waals surface area contributed by atoms with Crippen LogP contribution in [0.1, 0.15) is 52.8 Å². The first-order valence-corrected chi connectivity index (χ1v) is 14.0. The van der Waals surface area contributed by atoms with E-state index in [0.717, 1.165) is 35.1 Å². The van der Waals surface area contributed by atoms with Crippen LogP contribution in [0.3, 0.4) is 0 Å². The van der Waals surface area contributed by atoms with Gasteiger partial charge in [-0.1, -0.05) is 97.7 Å². The van der Waals surface area contributed by atoms with Crippen LogP contribution in [0.4, 0.5) is 0 Å². The number of unbranched alkanes of at least 4 members (excludes halogenated alkanes) is 1. The van der Waals surface area contributed by atoms with E-state index in [-0.39, 0.29) is 29.5 Å². The Morgan fingerprint density at radius 1 is 0.977 bits per heavy atom. The fraction of sp³-hybridized carbons (Fsp3) is 0.233. The van der Waals surface area contributed by atoms with Gasteiger partial charge in [-0.2, -0.15) is 5.21 Å². The number of aromatic nitrogens is 6. The molecule has 0 spiro atoms. The highest BCUT2D eigenvalue weighted by atomic mass is 35.5. The molecule has 0 aliphatic rings. The number of nitrogens with zero attached hydrogens (tertiary/aromatic N) is 6. The summed E-state index contributed by atoms with van der Waals surface area (Å²) in [5, 5.41) is 31.9. The largest absolute Gasteiger partial charge is 0.456 e. The Bertz CT molecular complexity index is 1660. The van der Waals surface area contributed by atoms with E-state index in [9.17, 15) is 4.79 Å². The highest BCUT2D eigenvalue weighted by Crippen LogP contribution is 2.30. The number of benzene rings is 3. The Kier molecular flexibility index (Phi) is 9.87. The summed E-state index contributed by atoms with van der Waals surface area (Å²) < 4.78 is 7.48. The van der Waals surface area contributed by atoms with Crippen molar-refractivity contribution in [2.45, 2.75) is 45.9 Å². The first kappa shape index (κ1) is 30.0. The van der Waals surface area contributed by atoms with Crippen LogP contribution in [0, 0.1) is 0 Å². The lowest BCUT2D eigenvalue weighted by Gasteiger charge is -2.14. The van der Waals surface area contributed by atoms with Gasteiger partial charge < -0.3 is 9.30 Å². The topological polar surface area (TPSA) is 152 Å². The summed E-state index contributed by atoms with van der Waals surface area (Å²) in [6.07, 6.45) is 2.49. The maximum absolute atomic E-state index is 13.4. The average Bonchev–Trinajstić information content (AvgIpc) is 3.66. The van der Waals surface area contributed by atoms with Crippen molar-refractivity contribution in [3.05, 3.63) is 106 Å².